The largest absolute Gasteiger partial charge is 0.484 e. The Labute approximate surface area is 185 Å². The highest BCUT2D eigenvalue weighted by molar-refractivity contribution is 7.14. The first kappa shape index (κ1) is 21.1. The lowest BCUT2D eigenvalue weighted by Crippen LogP contribution is -2.33. The van der Waals surface area contributed by atoms with Crippen LogP contribution in [0.15, 0.2) is 41.8 Å². The Morgan fingerprint density at radius 1 is 1.16 bits per heavy atom. The first-order valence-corrected chi connectivity index (χ1v) is 10.9. The Kier molecular flexibility index (Phi) is 5.31. The standard InChI is InChI=1S/C24H25N3O3S/c1-14-6-8-17(10-15(14)2)30-12-21(28)26-23-25-19(13-31-23)16-7-9-20-18(11-16)24(3,4)22(29)27(20)5/h6-11,13H,12H2,1-5H3,(H,25,26,28). The number of anilines is 2. The zero-order chi connectivity index (χ0) is 22.3. The molecule has 1 aliphatic heterocycles. The topological polar surface area (TPSA) is 71.5 Å². The zero-order valence-corrected chi connectivity index (χ0v) is 19.1. The monoisotopic (exact) mass is 435 g/mol. The molecule has 6 nitrogen and oxygen atoms in total. The summed E-state index contributed by atoms with van der Waals surface area (Å²) in [5.41, 5.74) is 5.31. The molecule has 1 N–H and O–H groups in total. The van der Waals surface area contributed by atoms with E-state index in [2.05, 4.69) is 10.3 Å². The lowest BCUT2D eigenvalue weighted by Gasteiger charge is -2.16. The van der Waals surface area contributed by atoms with Gasteiger partial charge in [-0.15, -0.1) is 11.3 Å². The first-order chi connectivity index (χ1) is 14.7. The highest BCUT2D eigenvalue weighted by Crippen LogP contribution is 2.42. The van der Waals surface area contributed by atoms with Crippen molar-refractivity contribution in [3.8, 4) is 17.0 Å². The third-order valence-electron chi connectivity index (χ3n) is 5.77. The molecule has 3 aromatic rings. The number of amides is 2. The summed E-state index contributed by atoms with van der Waals surface area (Å²) in [5, 5.41) is 5.20. The molecule has 2 amide bonds. The van der Waals surface area contributed by atoms with Crippen LogP contribution in [0.5, 0.6) is 5.75 Å². The van der Waals surface area contributed by atoms with Crippen LogP contribution in [0, 0.1) is 13.8 Å². The molecular formula is C24H25N3O3S. The number of nitrogens with zero attached hydrogens (tertiary/aromatic N) is 2. The summed E-state index contributed by atoms with van der Waals surface area (Å²) in [6.45, 7) is 7.82. The van der Waals surface area contributed by atoms with Gasteiger partial charge in [0.05, 0.1) is 11.1 Å². The summed E-state index contributed by atoms with van der Waals surface area (Å²) in [6.07, 6.45) is 0. The van der Waals surface area contributed by atoms with Crippen molar-refractivity contribution in [1.82, 2.24) is 4.98 Å². The molecule has 1 aliphatic rings. The van der Waals surface area contributed by atoms with Crippen LogP contribution in [0.3, 0.4) is 0 Å². The third kappa shape index (κ3) is 3.93. The van der Waals surface area contributed by atoms with Crippen molar-refractivity contribution in [2.45, 2.75) is 33.1 Å². The van der Waals surface area contributed by atoms with Crippen LogP contribution in [-0.2, 0) is 15.0 Å². The van der Waals surface area contributed by atoms with Gasteiger partial charge >= 0.3 is 0 Å². The van der Waals surface area contributed by atoms with Gasteiger partial charge in [0.2, 0.25) is 5.91 Å². The second-order valence-corrected chi connectivity index (χ2v) is 9.20. The van der Waals surface area contributed by atoms with E-state index in [9.17, 15) is 9.59 Å². The Hall–Kier alpha value is -3.19. The minimum absolute atomic E-state index is 0.0784. The minimum atomic E-state index is -0.571. The van der Waals surface area contributed by atoms with Crippen LogP contribution in [0.2, 0.25) is 0 Å². The summed E-state index contributed by atoms with van der Waals surface area (Å²) in [4.78, 5) is 31.0. The second-order valence-electron chi connectivity index (χ2n) is 8.34. The molecule has 160 valence electrons. The summed E-state index contributed by atoms with van der Waals surface area (Å²) in [7, 11) is 1.80. The fourth-order valence-corrected chi connectivity index (χ4v) is 4.44. The van der Waals surface area contributed by atoms with Crippen molar-refractivity contribution >= 4 is 34.0 Å². The number of ether oxygens (including phenoxy) is 1. The molecule has 0 fully saturated rings. The Bertz CT molecular complexity index is 1180. The SMILES string of the molecule is Cc1ccc(OCC(=O)Nc2nc(-c3ccc4c(c3)C(C)(C)C(=O)N4C)cs2)cc1C. The molecule has 0 saturated carbocycles. The van der Waals surface area contributed by atoms with E-state index in [1.54, 1.807) is 11.9 Å². The van der Waals surface area contributed by atoms with Gasteiger partial charge in [0.1, 0.15) is 5.75 Å². The number of thiazole rings is 1. The van der Waals surface area contributed by atoms with Gasteiger partial charge < -0.3 is 9.64 Å². The average molecular weight is 436 g/mol. The molecule has 4 rings (SSSR count). The average Bonchev–Trinajstić information content (AvgIpc) is 3.27. The smallest absolute Gasteiger partial charge is 0.264 e. The van der Waals surface area contributed by atoms with E-state index >= 15 is 0 Å². The number of aromatic nitrogens is 1. The van der Waals surface area contributed by atoms with Crippen LogP contribution >= 0.6 is 11.3 Å². The van der Waals surface area contributed by atoms with Crippen LogP contribution in [0.4, 0.5) is 10.8 Å². The molecule has 0 atom stereocenters. The van der Waals surface area contributed by atoms with Crippen LogP contribution in [0.25, 0.3) is 11.3 Å². The van der Waals surface area contributed by atoms with E-state index in [0.717, 1.165) is 28.1 Å². The van der Waals surface area contributed by atoms with Crippen LogP contribution < -0.4 is 15.0 Å². The van der Waals surface area contributed by atoms with Gasteiger partial charge in [0, 0.05) is 23.7 Å². The number of rotatable bonds is 5. The number of benzene rings is 2. The van der Waals surface area contributed by atoms with E-state index < -0.39 is 5.41 Å². The lowest BCUT2D eigenvalue weighted by molar-refractivity contribution is -0.121. The van der Waals surface area contributed by atoms with E-state index in [1.807, 2.05) is 69.5 Å². The number of aryl methyl sites for hydroxylation is 2. The molecule has 0 saturated heterocycles. The number of hydrogen-bond acceptors (Lipinski definition) is 5. The zero-order valence-electron chi connectivity index (χ0n) is 18.3. The highest BCUT2D eigenvalue weighted by atomic mass is 32.1. The summed E-state index contributed by atoms with van der Waals surface area (Å²) in [6, 6.07) is 11.7. The first-order valence-electron chi connectivity index (χ1n) is 10.1. The van der Waals surface area contributed by atoms with E-state index in [-0.39, 0.29) is 18.4 Å². The van der Waals surface area contributed by atoms with Gasteiger partial charge in [-0.1, -0.05) is 12.1 Å². The molecule has 0 spiro atoms. The van der Waals surface area contributed by atoms with Crippen LogP contribution in [0.1, 0.15) is 30.5 Å². The van der Waals surface area contributed by atoms with Gasteiger partial charge in [-0.3, -0.25) is 14.9 Å². The van der Waals surface area contributed by atoms with Crippen molar-refractivity contribution in [1.29, 1.82) is 0 Å². The molecule has 2 aromatic carbocycles. The fraction of sp³-hybridized carbons (Fsp3) is 0.292. The van der Waals surface area contributed by atoms with E-state index in [4.69, 9.17) is 4.74 Å². The fourth-order valence-electron chi connectivity index (χ4n) is 3.70. The maximum absolute atomic E-state index is 12.5. The van der Waals surface area contributed by atoms with Gasteiger partial charge in [0.15, 0.2) is 11.7 Å². The van der Waals surface area contributed by atoms with Crippen molar-refractivity contribution in [3.63, 3.8) is 0 Å². The lowest BCUT2D eigenvalue weighted by atomic mass is 9.85. The second kappa shape index (κ2) is 7.81. The predicted octanol–water partition coefficient (Wildman–Crippen LogP) is 4.70. The summed E-state index contributed by atoms with van der Waals surface area (Å²) >= 11 is 1.36. The van der Waals surface area contributed by atoms with Crippen molar-refractivity contribution < 1.29 is 14.3 Å². The number of carbonyl (C=O) groups excluding carboxylic acids is 2. The third-order valence-corrected chi connectivity index (χ3v) is 6.52. The highest BCUT2D eigenvalue weighted by Gasteiger charge is 2.42. The van der Waals surface area contributed by atoms with Crippen molar-refractivity contribution in [2.75, 3.05) is 23.9 Å². The molecule has 7 heteroatoms. The van der Waals surface area contributed by atoms with Crippen molar-refractivity contribution in [3.05, 3.63) is 58.5 Å². The molecule has 2 heterocycles. The maximum atomic E-state index is 12.5. The number of fused-ring (bicyclic) bond motifs is 1. The quantitative estimate of drug-likeness (QED) is 0.631. The molecule has 31 heavy (non-hydrogen) atoms. The normalized spacial score (nSPS) is 14.5. The van der Waals surface area contributed by atoms with Crippen molar-refractivity contribution in [2.24, 2.45) is 0 Å². The Morgan fingerprint density at radius 2 is 1.94 bits per heavy atom. The maximum Gasteiger partial charge on any atom is 0.264 e. The van der Waals surface area contributed by atoms with Gasteiger partial charge in [-0.2, -0.15) is 0 Å². The predicted molar refractivity (Wildman–Crippen MR) is 124 cm³/mol. The molecule has 1 aromatic heterocycles. The Morgan fingerprint density at radius 3 is 2.68 bits per heavy atom. The minimum Gasteiger partial charge on any atom is -0.484 e. The molecule has 0 bridgehead atoms. The molecule has 0 radical (unpaired) electrons. The molecular weight excluding hydrogens is 410 g/mol. The molecule has 0 unspecified atom stereocenters. The number of nitrogens with one attached hydrogen (secondary N) is 1. The molecule has 0 aliphatic carbocycles. The Balaban J connectivity index is 1.44. The van der Waals surface area contributed by atoms with Gasteiger partial charge in [-0.25, -0.2) is 4.98 Å². The number of likely N-dealkylation sites (N-methyl/N-ethyl adjacent to an activating group) is 1. The summed E-state index contributed by atoms with van der Waals surface area (Å²) < 4.78 is 5.59. The van der Waals surface area contributed by atoms with Gasteiger partial charge in [0.25, 0.3) is 5.91 Å². The number of carbonyl (C=O) groups is 2. The van der Waals surface area contributed by atoms with Gasteiger partial charge in [-0.05, 0) is 68.7 Å². The van der Waals surface area contributed by atoms with Crippen LogP contribution in [-0.4, -0.2) is 30.5 Å². The summed E-state index contributed by atoms with van der Waals surface area (Å²) in [5.74, 6) is 0.481. The van der Waals surface area contributed by atoms with E-state index in [0.29, 0.717) is 10.9 Å². The van der Waals surface area contributed by atoms with E-state index in [1.165, 1.54) is 16.9 Å². The number of hydrogen-bond donors (Lipinski definition) is 1.